The predicted octanol–water partition coefficient (Wildman–Crippen LogP) is 3.48. The summed E-state index contributed by atoms with van der Waals surface area (Å²) in [6.07, 6.45) is 5.98. The Labute approximate surface area is 225 Å². The van der Waals surface area contributed by atoms with E-state index in [0.29, 0.717) is 41.0 Å². The summed E-state index contributed by atoms with van der Waals surface area (Å²) >= 11 is 0. The number of fused-ring (bicyclic) bond motifs is 4. The molecule has 3 fully saturated rings. The molecule has 0 aliphatic carbocycles. The van der Waals surface area contributed by atoms with Gasteiger partial charge >= 0.3 is 6.01 Å². The third-order valence-electron chi connectivity index (χ3n) is 8.80. The van der Waals surface area contributed by atoms with Crippen LogP contribution in [0, 0.1) is 5.82 Å². The van der Waals surface area contributed by atoms with Gasteiger partial charge in [0.1, 0.15) is 23.6 Å². The predicted molar refractivity (Wildman–Crippen MR) is 149 cm³/mol. The third kappa shape index (κ3) is 4.22. The minimum atomic E-state index is -0.602. The smallest absolute Gasteiger partial charge is 0.319 e. The Kier molecular flexibility index (Phi) is 5.78. The van der Waals surface area contributed by atoms with Crippen molar-refractivity contribution in [3.05, 3.63) is 52.7 Å². The van der Waals surface area contributed by atoms with Gasteiger partial charge in [-0.2, -0.15) is 9.97 Å². The molecule has 3 aliphatic heterocycles. The molecule has 0 amide bonds. The minimum Gasteiger partial charge on any atom is -0.461 e. The van der Waals surface area contributed by atoms with E-state index in [1.165, 1.54) is 6.07 Å². The number of halogens is 1. The zero-order valence-corrected chi connectivity index (χ0v) is 22.2. The summed E-state index contributed by atoms with van der Waals surface area (Å²) < 4.78 is 22.6. The molecular weight excluding hydrogens is 497 g/mol. The molecule has 6 heterocycles. The van der Waals surface area contributed by atoms with Crippen molar-refractivity contribution in [2.75, 3.05) is 38.2 Å². The van der Waals surface area contributed by atoms with Gasteiger partial charge in [-0.25, -0.2) is 4.39 Å². The van der Waals surface area contributed by atoms with Crippen LogP contribution in [0.5, 0.6) is 6.01 Å². The molecule has 9 nitrogen and oxygen atoms in total. The fourth-order valence-electron chi connectivity index (χ4n) is 6.44. The van der Waals surface area contributed by atoms with Crippen LogP contribution in [0.3, 0.4) is 0 Å². The van der Waals surface area contributed by atoms with E-state index in [4.69, 9.17) is 9.72 Å². The fraction of sp³-hybridized carbons (Fsp3) is 0.448. The van der Waals surface area contributed by atoms with E-state index in [1.54, 1.807) is 6.20 Å². The average Bonchev–Trinajstić information content (AvgIpc) is 3.46. The van der Waals surface area contributed by atoms with E-state index < -0.39 is 5.82 Å². The number of aromatic amines is 1. The number of likely N-dealkylation sites (tertiary alicyclic amines) is 1. The molecule has 7 rings (SSSR count). The number of anilines is 1. The molecule has 2 bridgehead atoms. The number of piperazine rings is 1. The molecule has 3 atom stereocenters. The largest absolute Gasteiger partial charge is 0.461 e. The first-order valence-electron chi connectivity index (χ1n) is 13.7. The average molecular weight is 530 g/mol. The Bertz CT molecular complexity index is 1630. The zero-order chi connectivity index (χ0) is 26.7. The van der Waals surface area contributed by atoms with Gasteiger partial charge in [0, 0.05) is 42.8 Å². The Balaban J connectivity index is 1.37. The van der Waals surface area contributed by atoms with E-state index in [0.717, 1.165) is 50.7 Å². The van der Waals surface area contributed by atoms with Crippen molar-refractivity contribution in [1.29, 1.82) is 0 Å². The molecule has 2 N–H and O–H groups in total. The summed E-state index contributed by atoms with van der Waals surface area (Å²) in [5.41, 5.74) is 0.0827. The van der Waals surface area contributed by atoms with Crippen molar-refractivity contribution in [1.82, 2.24) is 30.2 Å². The third-order valence-corrected chi connectivity index (χ3v) is 8.80. The van der Waals surface area contributed by atoms with E-state index >= 15 is 4.39 Å². The molecule has 0 radical (unpaired) electrons. The molecule has 0 spiro atoms. The number of aromatic nitrogens is 4. The number of ether oxygens (including phenoxy) is 1. The number of benzene rings is 1. The minimum absolute atomic E-state index is 0.0508. The highest BCUT2D eigenvalue weighted by Crippen LogP contribution is 2.35. The molecule has 2 unspecified atom stereocenters. The summed E-state index contributed by atoms with van der Waals surface area (Å²) in [4.78, 5) is 33.7. The quantitative estimate of drug-likeness (QED) is 0.406. The number of H-pyrrole nitrogens is 1. The topological polar surface area (TPSA) is 99.3 Å². The Hall–Kier alpha value is -3.63. The van der Waals surface area contributed by atoms with Crippen LogP contribution < -0.4 is 20.5 Å². The van der Waals surface area contributed by atoms with Gasteiger partial charge < -0.3 is 19.9 Å². The number of hydrogen-bond donors (Lipinski definition) is 2. The second-order valence-corrected chi connectivity index (χ2v) is 11.5. The molecule has 3 aliphatic rings. The first-order valence-corrected chi connectivity index (χ1v) is 13.7. The van der Waals surface area contributed by atoms with Crippen molar-refractivity contribution in [2.24, 2.45) is 0 Å². The fourth-order valence-corrected chi connectivity index (χ4v) is 6.44. The number of hydrogen-bond acceptors (Lipinski definition) is 8. The molecule has 202 valence electrons. The van der Waals surface area contributed by atoms with Crippen LogP contribution in [-0.4, -0.2) is 75.7 Å². The molecule has 0 saturated carbocycles. The maximum Gasteiger partial charge on any atom is 0.319 e. The molecule has 39 heavy (non-hydrogen) atoms. The summed E-state index contributed by atoms with van der Waals surface area (Å²) in [7, 11) is 2.10. The maximum atomic E-state index is 16.4. The van der Waals surface area contributed by atoms with Crippen LogP contribution in [0.15, 0.2) is 41.3 Å². The highest BCUT2D eigenvalue weighted by atomic mass is 19.1. The highest BCUT2D eigenvalue weighted by molar-refractivity contribution is 5.97. The van der Waals surface area contributed by atoms with Gasteiger partial charge in [0.15, 0.2) is 5.82 Å². The van der Waals surface area contributed by atoms with Gasteiger partial charge in [0.25, 0.3) is 0 Å². The van der Waals surface area contributed by atoms with Crippen molar-refractivity contribution in [3.63, 3.8) is 0 Å². The summed E-state index contributed by atoms with van der Waals surface area (Å²) in [5.74, 6) is 0.0398. The van der Waals surface area contributed by atoms with Crippen LogP contribution in [-0.2, 0) is 0 Å². The van der Waals surface area contributed by atoms with Gasteiger partial charge in [-0.15, -0.1) is 0 Å². The number of nitrogens with one attached hydrogen (secondary N) is 2. The van der Waals surface area contributed by atoms with Crippen LogP contribution in [0.25, 0.3) is 33.1 Å². The second-order valence-electron chi connectivity index (χ2n) is 11.5. The second kappa shape index (κ2) is 9.24. The standard InChI is InChI=1S/C29H32FN7O2/c1-29(10-5-11-36(29)2)16-39-28-34-24-21(27(35-28)37-14-18-8-9-19(15-37)32-18)13-31-26(23(24)30)25-20-7-4-3-6-17(20)12-22(38)33-25/h3-4,6-7,12-13,18-19,32H,5,8-11,14-16H2,1-2H3,(H,33,38)/t18?,19?,29-/m0/s1. The van der Waals surface area contributed by atoms with E-state index in [2.05, 4.69) is 44.0 Å². The summed E-state index contributed by atoms with van der Waals surface area (Å²) in [5, 5.41) is 5.61. The van der Waals surface area contributed by atoms with E-state index in [1.807, 2.05) is 24.3 Å². The van der Waals surface area contributed by atoms with Gasteiger partial charge in [-0.1, -0.05) is 24.3 Å². The van der Waals surface area contributed by atoms with Gasteiger partial charge in [-0.05, 0) is 51.6 Å². The first-order chi connectivity index (χ1) is 18.9. The van der Waals surface area contributed by atoms with E-state index in [9.17, 15) is 4.79 Å². The number of rotatable bonds is 5. The summed E-state index contributed by atoms with van der Waals surface area (Å²) in [6, 6.07) is 9.80. The van der Waals surface area contributed by atoms with Crippen molar-refractivity contribution < 1.29 is 9.13 Å². The lowest BCUT2D eigenvalue weighted by atomic mass is 10.0. The Morgan fingerprint density at radius 1 is 1.15 bits per heavy atom. The molecule has 4 aromatic rings. The first kappa shape index (κ1) is 24.4. The van der Waals surface area contributed by atoms with Crippen LogP contribution >= 0.6 is 0 Å². The Morgan fingerprint density at radius 3 is 2.72 bits per heavy atom. The maximum absolute atomic E-state index is 16.4. The lowest BCUT2D eigenvalue weighted by molar-refractivity contribution is 0.108. The van der Waals surface area contributed by atoms with Crippen molar-refractivity contribution >= 4 is 27.5 Å². The van der Waals surface area contributed by atoms with Crippen molar-refractivity contribution in [3.8, 4) is 17.4 Å². The lowest BCUT2D eigenvalue weighted by Gasteiger charge is -2.34. The van der Waals surface area contributed by atoms with Gasteiger partial charge in [-0.3, -0.25) is 14.7 Å². The zero-order valence-electron chi connectivity index (χ0n) is 22.2. The molecule has 3 aromatic heterocycles. The number of likely N-dealkylation sites (N-methyl/N-ethyl adjacent to an activating group) is 1. The van der Waals surface area contributed by atoms with Crippen LogP contribution in [0.2, 0.25) is 0 Å². The molecule has 3 saturated heterocycles. The van der Waals surface area contributed by atoms with E-state index in [-0.39, 0.29) is 28.3 Å². The molecular formula is C29H32FN7O2. The summed E-state index contributed by atoms with van der Waals surface area (Å²) in [6.45, 7) is 5.16. The van der Waals surface area contributed by atoms with Crippen LogP contribution in [0.4, 0.5) is 10.2 Å². The van der Waals surface area contributed by atoms with Crippen molar-refractivity contribution in [2.45, 2.75) is 50.2 Å². The lowest BCUT2D eigenvalue weighted by Crippen LogP contribution is -2.51. The number of pyridine rings is 2. The van der Waals surface area contributed by atoms with Crippen LogP contribution in [0.1, 0.15) is 32.6 Å². The molecule has 10 heteroatoms. The number of nitrogens with zero attached hydrogens (tertiary/aromatic N) is 5. The van der Waals surface area contributed by atoms with Gasteiger partial charge in [0.05, 0.1) is 16.6 Å². The Morgan fingerprint density at radius 2 is 1.95 bits per heavy atom. The SMILES string of the molecule is CN1CCC[C@@]1(C)COc1nc(N2CC3CCC(C2)N3)c2cnc(-c3[nH]c(=O)cc4ccccc34)c(F)c2n1. The van der Waals surface area contributed by atoms with Gasteiger partial charge in [0.2, 0.25) is 5.56 Å². The normalized spacial score (nSPS) is 25.2. The highest BCUT2D eigenvalue weighted by Gasteiger charge is 2.36. The molecule has 1 aromatic carbocycles. The monoisotopic (exact) mass is 529 g/mol.